The minimum absolute atomic E-state index is 0.0183. The number of allylic oxidation sites excluding steroid dienone is 2. The second kappa shape index (κ2) is 6.04. The molecule has 10 heavy (non-hydrogen) atoms. The van der Waals surface area contributed by atoms with Crippen LogP contribution in [-0.4, -0.2) is 17.6 Å². The van der Waals surface area contributed by atoms with Crippen molar-refractivity contribution < 1.29 is 9.90 Å². The highest BCUT2D eigenvalue weighted by Crippen LogP contribution is 1.73. The molecule has 0 aliphatic heterocycles. The molecule has 0 atom stereocenters. The summed E-state index contributed by atoms with van der Waals surface area (Å²) in [5.41, 5.74) is 0. The van der Waals surface area contributed by atoms with Gasteiger partial charge < -0.3 is 10.4 Å². The molecule has 0 unspecified atom stereocenters. The second-order valence-corrected chi connectivity index (χ2v) is 1.67. The molecule has 0 rings (SSSR count). The molecule has 0 radical (unpaired) electrons. The van der Waals surface area contributed by atoms with Crippen LogP contribution in [0.4, 0.5) is 0 Å². The summed E-state index contributed by atoms with van der Waals surface area (Å²) < 4.78 is 0. The summed E-state index contributed by atoms with van der Waals surface area (Å²) in [6.45, 7) is 1.45. The van der Waals surface area contributed by atoms with E-state index in [0.29, 0.717) is 0 Å². The van der Waals surface area contributed by atoms with E-state index in [0.717, 1.165) is 0 Å². The first kappa shape index (κ1) is 8.91. The zero-order chi connectivity index (χ0) is 7.82. The molecule has 0 heterocycles. The highest BCUT2D eigenvalue weighted by molar-refractivity contribution is 5.73. The Balaban J connectivity index is 3.37. The van der Waals surface area contributed by atoms with Gasteiger partial charge in [-0.25, -0.2) is 0 Å². The maximum absolute atomic E-state index is 10.2. The summed E-state index contributed by atoms with van der Waals surface area (Å²) in [5.74, 6) is -0.103. The van der Waals surface area contributed by atoms with E-state index in [1.54, 1.807) is 18.2 Å². The van der Waals surface area contributed by atoms with Crippen molar-refractivity contribution in [3.63, 3.8) is 0 Å². The fourth-order valence-corrected chi connectivity index (χ4v) is 0.360. The topological polar surface area (TPSA) is 49.3 Å². The summed E-state index contributed by atoms with van der Waals surface area (Å²) in [6.07, 6.45) is 6.36. The number of carbonyl (C=O) groups is 1. The van der Waals surface area contributed by atoms with Crippen LogP contribution in [0.1, 0.15) is 6.92 Å². The number of rotatable bonds is 3. The second-order valence-electron chi connectivity index (χ2n) is 1.67. The van der Waals surface area contributed by atoms with E-state index in [9.17, 15) is 4.79 Å². The van der Waals surface area contributed by atoms with E-state index >= 15 is 0 Å². The zero-order valence-corrected chi connectivity index (χ0v) is 5.87. The van der Waals surface area contributed by atoms with Crippen LogP contribution in [0.15, 0.2) is 24.4 Å². The molecule has 56 valence electrons. The number of carbonyl (C=O) groups excluding carboxylic acids is 1. The van der Waals surface area contributed by atoms with E-state index in [1.807, 2.05) is 0 Å². The number of aliphatic hydroxyl groups is 1. The van der Waals surface area contributed by atoms with Gasteiger partial charge in [0.25, 0.3) is 0 Å². The molecule has 0 fully saturated rings. The predicted molar refractivity (Wildman–Crippen MR) is 39.2 cm³/mol. The van der Waals surface area contributed by atoms with Crippen LogP contribution in [0.3, 0.4) is 0 Å². The Morgan fingerprint density at radius 1 is 1.60 bits per heavy atom. The fraction of sp³-hybridized carbons (Fsp3) is 0.286. The van der Waals surface area contributed by atoms with Crippen LogP contribution in [0.25, 0.3) is 0 Å². The van der Waals surface area contributed by atoms with Crippen molar-refractivity contribution in [3.05, 3.63) is 24.4 Å². The van der Waals surface area contributed by atoms with Crippen LogP contribution < -0.4 is 5.32 Å². The molecule has 0 aromatic heterocycles. The smallest absolute Gasteiger partial charge is 0.220 e. The first-order valence-electron chi connectivity index (χ1n) is 2.97. The Kier molecular flexibility index (Phi) is 5.38. The average Bonchev–Trinajstić information content (AvgIpc) is 1.87. The maximum atomic E-state index is 10.2. The van der Waals surface area contributed by atoms with Gasteiger partial charge in [-0.2, -0.15) is 0 Å². The van der Waals surface area contributed by atoms with Gasteiger partial charge in [0, 0.05) is 13.1 Å². The molecule has 0 saturated carbocycles. The molecule has 2 N–H and O–H groups in total. The Morgan fingerprint density at radius 2 is 2.30 bits per heavy atom. The normalized spacial score (nSPS) is 11.0. The molecule has 0 aromatic rings. The monoisotopic (exact) mass is 141 g/mol. The van der Waals surface area contributed by atoms with Crippen LogP contribution in [0, 0.1) is 0 Å². The Bertz CT molecular complexity index is 150. The summed E-state index contributed by atoms with van der Waals surface area (Å²) >= 11 is 0. The molecule has 3 heteroatoms. The molecule has 1 amide bonds. The van der Waals surface area contributed by atoms with E-state index in [-0.39, 0.29) is 12.5 Å². The van der Waals surface area contributed by atoms with E-state index in [2.05, 4.69) is 5.32 Å². The van der Waals surface area contributed by atoms with Gasteiger partial charge >= 0.3 is 0 Å². The third kappa shape index (κ3) is 6.91. The number of hydrogen-bond donors (Lipinski definition) is 2. The van der Waals surface area contributed by atoms with Crippen molar-refractivity contribution in [1.29, 1.82) is 0 Å². The van der Waals surface area contributed by atoms with Gasteiger partial charge in [-0.3, -0.25) is 4.79 Å². The minimum atomic E-state index is -0.103. The first-order chi connectivity index (χ1) is 4.77. The lowest BCUT2D eigenvalue weighted by Gasteiger charge is -1.86. The van der Waals surface area contributed by atoms with Gasteiger partial charge in [0.2, 0.25) is 5.91 Å². The van der Waals surface area contributed by atoms with Gasteiger partial charge in [0.15, 0.2) is 0 Å². The molecular weight excluding hydrogens is 130 g/mol. The third-order valence-corrected chi connectivity index (χ3v) is 0.735. The number of hydrogen-bond acceptors (Lipinski definition) is 2. The van der Waals surface area contributed by atoms with Crippen LogP contribution >= 0.6 is 0 Å². The van der Waals surface area contributed by atoms with Crippen LogP contribution in [0.2, 0.25) is 0 Å². The SMILES string of the molecule is CC(=O)N/C=C/C=C/CO. The molecule has 0 saturated heterocycles. The van der Waals surface area contributed by atoms with Gasteiger partial charge in [-0.15, -0.1) is 0 Å². The summed E-state index contributed by atoms with van der Waals surface area (Å²) in [7, 11) is 0. The predicted octanol–water partition coefficient (Wildman–Crippen LogP) is 0.185. The largest absolute Gasteiger partial charge is 0.392 e. The quantitative estimate of drug-likeness (QED) is 0.551. The lowest BCUT2D eigenvalue weighted by Crippen LogP contribution is -2.10. The summed E-state index contributed by atoms with van der Waals surface area (Å²) in [6, 6.07) is 0. The standard InChI is InChI=1S/C7H11NO2/c1-7(10)8-5-3-2-4-6-9/h2-5,9H,6H2,1H3,(H,8,10)/b4-2+,5-3+. The van der Waals surface area contributed by atoms with E-state index in [1.165, 1.54) is 13.1 Å². The van der Waals surface area contributed by atoms with Gasteiger partial charge in [-0.05, 0) is 6.08 Å². The first-order valence-corrected chi connectivity index (χ1v) is 2.97. The minimum Gasteiger partial charge on any atom is -0.392 e. The molecule has 0 aliphatic rings. The number of amides is 1. The van der Waals surface area contributed by atoms with Crippen molar-refractivity contribution in [1.82, 2.24) is 5.32 Å². The Hall–Kier alpha value is -1.09. The average molecular weight is 141 g/mol. The van der Waals surface area contributed by atoms with Crippen molar-refractivity contribution in [2.75, 3.05) is 6.61 Å². The van der Waals surface area contributed by atoms with Crippen molar-refractivity contribution in [2.24, 2.45) is 0 Å². The van der Waals surface area contributed by atoms with E-state index in [4.69, 9.17) is 5.11 Å². The molecule has 0 bridgehead atoms. The molecule has 0 spiro atoms. The lowest BCUT2D eigenvalue weighted by atomic mass is 10.5. The van der Waals surface area contributed by atoms with E-state index < -0.39 is 0 Å². The molecule has 3 nitrogen and oxygen atoms in total. The van der Waals surface area contributed by atoms with Gasteiger partial charge in [0.05, 0.1) is 6.61 Å². The highest BCUT2D eigenvalue weighted by atomic mass is 16.2. The zero-order valence-electron chi connectivity index (χ0n) is 5.87. The number of aliphatic hydroxyl groups excluding tert-OH is 1. The third-order valence-electron chi connectivity index (χ3n) is 0.735. The van der Waals surface area contributed by atoms with Crippen LogP contribution in [-0.2, 0) is 4.79 Å². The molecule has 0 aliphatic carbocycles. The van der Waals surface area contributed by atoms with Crippen molar-refractivity contribution in [3.8, 4) is 0 Å². The lowest BCUT2D eigenvalue weighted by molar-refractivity contribution is -0.118. The Labute approximate surface area is 60.1 Å². The summed E-state index contributed by atoms with van der Waals surface area (Å²) in [4.78, 5) is 10.2. The molecular formula is C7H11NO2. The van der Waals surface area contributed by atoms with Gasteiger partial charge in [0.1, 0.15) is 0 Å². The highest BCUT2D eigenvalue weighted by Gasteiger charge is 1.78. The van der Waals surface area contributed by atoms with Crippen LogP contribution in [0.5, 0.6) is 0 Å². The van der Waals surface area contributed by atoms with Crippen molar-refractivity contribution >= 4 is 5.91 Å². The molecule has 0 aromatic carbocycles. The van der Waals surface area contributed by atoms with Crippen molar-refractivity contribution in [2.45, 2.75) is 6.92 Å². The number of nitrogens with one attached hydrogen (secondary N) is 1. The fourth-order valence-electron chi connectivity index (χ4n) is 0.360. The van der Waals surface area contributed by atoms with Gasteiger partial charge in [-0.1, -0.05) is 12.2 Å². The Morgan fingerprint density at radius 3 is 2.80 bits per heavy atom. The summed E-state index contributed by atoms with van der Waals surface area (Å²) in [5, 5.41) is 10.7. The maximum Gasteiger partial charge on any atom is 0.220 e.